The van der Waals surface area contributed by atoms with Gasteiger partial charge in [-0.25, -0.2) is 4.79 Å². The lowest BCUT2D eigenvalue weighted by molar-refractivity contribution is 0.136. The Morgan fingerprint density at radius 1 is 0.971 bits per heavy atom. The number of benzene rings is 3. The molecule has 1 heterocycles. The lowest BCUT2D eigenvalue weighted by Gasteiger charge is -2.42. The number of urea groups is 1. The minimum Gasteiger partial charge on any atom is -0.338 e. The van der Waals surface area contributed by atoms with Crippen LogP contribution >= 0.6 is 23.2 Å². The molecule has 1 aliphatic rings. The summed E-state index contributed by atoms with van der Waals surface area (Å²) in [4.78, 5) is 21.1. The number of aliphatic imine (C=N–C) groups is 1. The summed E-state index contributed by atoms with van der Waals surface area (Å²) in [5.41, 5.74) is 3.49. The average molecular weight is 507 g/mol. The number of nitrogens with one attached hydrogen (secondary N) is 2. The van der Waals surface area contributed by atoms with Gasteiger partial charge in [-0.2, -0.15) is 5.26 Å². The lowest BCUT2D eigenvalue weighted by atomic mass is 10.0. The van der Waals surface area contributed by atoms with Crippen molar-refractivity contribution in [3.05, 3.63) is 94.0 Å². The monoisotopic (exact) mass is 506 g/mol. The number of guanidine groups is 1. The van der Waals surface area contributed by atoms with Gasteiger partial charge in [0.15, 0.2) is 0 Å². The van der Waals surface area contributed by atoms with Gasteiger partial charge < -0.3 is 20.4 Å². The van der Waals surface area contributed by atoms with Gasteiger partial charge in [-0.05, 0) is 60.5 Å². The van der Waals surface area contributed by atoms with Crippen molar-refractivity contribution in [3.63, 3.8) is 0 Å². The third-order valence-electron chi connectivity index (χ3n) is 5.84. The average Bonchev–Trinajstić information content (AvgIpc) is 2.86. The molecule has 3 aromatic rings. The van der Waals surface area contributed by atoms with Crippen LogP contribution in [-0.2, 0) is 0 Å². The molecule has 1 unspecified atom stereocenters. The fourth-order valence-corrected chi connectivity index (χ4v) is 4.23. The second-order valence-electron chi connectivity index (χ2n) is 8.12. The zero-order chi connectivity index (χ0) is 24.8. The molecule has 0 aromatic heterocycles. The molecule has 0 bridgehead atoms. The van der Waals surface area contributed by atoms with Crippen molar-refractivity contribution < 1.29 is 4.79 Å². The van der Waals surface area contributed by atoms with E-state index in [1.54, 1.807) is 41.3 Å². The first-order valence-corrected chi connectivity index (χ1v) is 11.8. The molecule has 0 spiro atoms. The Bertz CT molecular complexity index is 1250. The minimum atomic E-state index is -0.295. The van der Waals surface area contributed by atoms with Crippen LogP contribution in [-0.4, -0.2) is 41.4 Å². The molecule has 1 saturated heterocycles. The van der Waals surface area contributed by atoms with Gasteiger partial charge in [0, 0.05) is 41.1 Å². The van der Waals surface area contributed by atoms with Crippen LogP contribution in [0.2, 0.25) is 10.0 Å². The quantitative estimate of drug-likeness (QED) is 0.253. The summed E-state index contributed by atoms with van der Waals surface area (Å²) in [6.45, 7) is 3.35. The van der Waals surface area contributed by atoms with Gasteiger partial charge in [0.1, 0.15) is 0 Å². The summed E-state index contributed by atoms with van der Waals surface area (Å²) < 4.78 is 0. The number of rotatable bonds is 3. The Morgan fingerprint density at radius 2 is 1.63 bits per heavy atom. The molecule has 7 nitrogen and oxygen atoms in total. The van der Waals surface area contributed by atoms with Gasteiger partial charge in [0.2, 0.25) is 12.2 Å². The second kappa shape index (κ2) is 11.1. The number of para-hydroxylation sites is 1. The minimum absolute atomic E-state index is 0.224. The third-order valence-corrected chi connectivity index (χ3v) is 6.34. The van der Waals surface area contributed by atoms with Crippen LogP contribution in [0.5, 0.6) is 0 Å². The number of carbonyl (C=O) groups excluding carboxylic acids is 1. The number of piperazine rings is 1. The van der Waals surface area contributed by atoms with E-state index in [0.29, 0.717) is 41.3 Å². The highest BCUT2D eigenvalue weighted by molar-refractivity contribution is 6.30. The largest absolute Gasteiger partial charge is 0.338 e. The predicted molar refractivity (Wildman–Crippen MR) is 141 cm³/mol. The number of hydrogen-bond donors (Lipinski definition) is 2. The summed E-state index contributed by atoms with van der Waals surface area (Å²) in [6.07, 6.45) is 1.90. The number of nitriles is 1. The SMILES string of the molecule is Cc1ccccc1N/C(=N/C#N)N1CCN(C(=O)Nc2ccc(Cl)cc2)C(c2ccc(Cl)cc2)C1. The first kappa shape index (κ1) is 24.4. The summed E-state index contributed by atoms with van der Waals surface area (Å²) in [7, 11) is 0. The maximum Gasteiger partial charge on any atom is 0.322 e. The van der Waals surface area contributed by atoms with Crippen molar-refractivity contribution in [2.45, 2.75) is 13.0 Å². The Kier molecular flexibility index (Phi) is 7.76. The summed E-state index contributed by atoms with van der Waals surface area (Å²) in [5, 5.41) is 16.8. The Labute approximate surface area is 214 Å². The van der Waals surface area contributed by atoms with Gasteiger partial charge in [-0.15, -0.1) is 4.99 Å². The third kappa shape index (κ3) is 6.04. The molecule has 0 aliphatic carbocycles. The van der Waals surface area contributed by atoms with E-state index in [2.05, 4.69) is 15.6 Å². The van der Waals surface area contributed by atoms with Crippen molar-refractivity contribution in [1.29, 1.82) is 5.26 Å². The highest BCUT2D eigenvalue weighted by Gasteiger charge is 2.33. The molecule has 0 saturated carbocycles. The number of anilines is 2. The van der Waals surface area contributed by atoms with Crippen LogP contribution in [0.1, 0.15) is 17.2 Å². The Hall–Kier alpha value is -3.73. The molecule has 178 valence electrons. The number of aryl methyl sites for hydroxylation is 1. The maximum absolute atomic E-state index is 13.3. The molecule has 35 heavy (non-hydrogen) atoms. The van der Waals surface area contributed by atoms with E-state index in [1.807, 2.05) is 54.4 Å². The molecule has 2 N–H and O–H groups in total. The van der Waals surface area contributed by atoms with Crippen molar-refractivity contribution >= 4 is 46.6 Å². The van der Waals surface area contributed by atoms with Crippen LogP contribution in [0.25, 0.3) is 0 Å². The number of nitrogens with zero attached hydrogens (tertiary/aromatic N) is 4. The molecular formula is C26H24Cl2N6O. The zero-order valence-electron chi connectivity index (χ0n) is 19.1. The van der Waals surface area contributed by atoms with Crippen LogP contribution in [0.15, 0.2) is 77.8 Å². The number of amides is 2. The first-order chi connectivity index (χ1) is 16.9. The van der Waals surface area contributed by atoms with Crippen LogP contribution in [0.4, 0.5) is 16.2 Å². The van der Waals surface area contributed by atoms with Gasteiger partial charge in [-0.1, -0.05) is 53.5 Å². The number of hydrogen-bond acceptors (Lipinski definition) is 3. The summed E-state index contributed by atoms with van der Waals surface area (Å²) >= 11 is 12.1. The highest BCUT2D eigenvalue weighted by Crippen LogP contribution is 2.28. The first-order valence-electron chi connectivity index (χ1n) is 11.1. The van der Waals surface area contributed by atoms with Crippen molar-refractivity contribution in [1.82, 2.24) is 9.80 Å². The molecule has 4 rings (SSSR count). The Morgan fingerprint density at radius 3 is 2.29 bits per heavy atom. The summed E-state index contributed by atoms with van der Waals surface area (Å²) in [6, 6.07) is 21.7. The molecule has 1 aliphatic heterocycles. The van der Waals surface area contributed by atoms with Crippen molar-refractivity contribution in [2.75, 3.05) is 30.3 Å². The summed E-state index contributed by atoms with van der Waals surface area (Å²) in [5.74, 6) is 0.443. The van der Waals surface area contributed by atoms with Crippen molar-refractivity contribution in [2.24, 2.45) is 4.99 Å². The molecule has 2 amide bonds. The fourth-order valence-electron chi connectivity index (χ4n) is 3.98. The van der Waals surface area contributed by atoms with E-state index < -0.39 is 0 Å². The van der Waals surface area contributed by atoms with Gasteiger partial charge in [-0.3, -0.25) is 0 Å². The van der Waals surface area contributed by atoms with Gasteiger partial charge in [0.05, 0.1) is 6.04 Å². The number of carbonyl (C=O) groups is 1. The number of halogens is 2. The highest BCUT2D eigenvalue weighted by atomic mass is 35.5. The van der Waals surface area contributed by atoms with Crippen LogP contribution in [0.3, 0.4) is 0 Å². The van der Waals surface area contributed by atoms with Crippen LogP contribution in [0, 0.1) is 18.4 Å². The molecule has 1 atom stereocenters. The second-order valence-corrected chi connectivity index (χ2v) is 8.99. The maximum atomic E-state index is 13.3. The smallest absolute Gasteiger partial charge is 0.322 e. The van der Waals surface area contributed by atoms with E-state index in [9.17, 15) is 10.1 Å². The predicted octanol–water partition coefficient (Wildman–Crippen LogP) is 6.14. The molecule has 0 radical (unpaired) electrons. The van der Waals surface area contributed by atoms with Crippen LogP contribution < -0.4 is 10.6 Å². The van der Waals surface area contributed by atoms with E-state index in [1.165, 1.54) is 0 Å². The standard InChI is InChI=1S/C26H24Cl2N6O/c1-18-4-2-3-5-23(18)32-25(30-17-29)33-14-15-34(24(16-33)19-6-8-20(27)9-7-19)26(35)31-22-12-10-21(28)11-13-22/h2-13,24H,14-16H2,1H3,(H,30,32)(H,31,35). The van der Waals surface area contributed by atoms with Crippen molar-refractivity contribution in [3.8, 4) is 6.19 Å². The van der Waals surface area contributed by atoms with Gasteiger partial charge >= 0.3 is 6.03 Å². The van der Waals surface area contributed by atoms with E-state index >= 15 is 0 Å². The topological polar surface area (TPSA) is 83.8 Å². The van der Waals surface area contributed by atoms with Gasteiger partial charge in [0.25, 0.3) is 0 Å². The molecular weight excluding hydrogens is 483 g/mol. The molecule has 3 aromatic carbocycles. The van der Waals surface area contributed by atoms with E-state index in [0.717, 1.165) is 16.8 Å². The molecule has 1 fully saturated rings. The van der Waals surface area contributed by atoms with E-state index in [-0.39, 0.29) is 12.1 Å². The van der Waals surface area contributed by atoms with E-state index in [4.69, 9.17) is 23.2 Å². The lowest BCUT2D eigenvalue weighted by Crippen LogP contribution is -2.54. The Balaban J connectivity index is 1.59. The molecule has 9 heteroatoms. The normalized spacial score (nSPS) is 15.9. The fraction of sp³-hybridized carbons (Fsp3) is 0.192. The zero-order valence-corrected chi connectivity index (χ0v) is 20.6.